The van der Waals surface area contributed by atoms with E-state index in [4.69, 9.17) is 5.11 Å². The molecule has 8 heteroatoms. The summed E-state index contributed by atoms with van der Waals surface area (Å²) >= 11 is 0. The molecule has 22 heavy (non-hydrogen) atoms. The highest BCUT2D eigenvalue weighted by atomic mass is 16.4. The summed E-state index contributed by atoms with van der Waals surface area (Å²) in [4.78, 5) is 49.9. The molecule has 2 heterocycles. The van der Waals surface area contributed by atoms with Crippen LogP contribution < -0.4 is 5.32 Å². The van der Waals surface area contributed by atoms with E-state index in [0.29, 0.717) is 13.0 Å². The quantitative estimate of drug-likeness (QED) is 0.690. The van der Waals surface area contributed by atoms with Crippen LogP contribution in [0.15, 0.2) is 0 Å². The summed E-state index contributed by atoms with van der Waals surface area (Å²) in [7, 11) is 0. The number of hydrogen-bond donors (Lipinski definition) is 2. The van der Waals surface area contributed by atoms with Gasteiger partial charge in [-0.05, 0) is 32.1 Å². The number of nitrogens with zero attached hydrogens (tertiary/aromatic N) is 2. The SMILES string of the molecule is CC1(C2CC2)NC(=O)N(CC(=O)N2CCC(C(=O)O)C2)C1=O. The maximum atomic E-state index is 12.4. The highest BCUT2D eigenvalue weighted by Gasteiger charge is 2.56. The zero-order valence-corrected chi connectivity index (χ0v) is 12.4. The van der Waals surface area contributed by atoms with Gasteiger partial charge in [-0.3, -0.25) is 19.3 Å². The smallest absolute Gasteiger partial charge is 0.325 e. The lowest BCUT2D eigenvalue weighted by Gasteiger charge is -2.22. The molecule has 2 N–H and O–H groups in total. The van der Waals surface area contributed by atoms with E-state index < -0.39 is 23.5 Å². The number of imide groups is 1. The first-order valence-corrected chi connectivity index (χ1v) is 7.47. The Hall–Kier alpha value is -2.12. The number of carboxylic acid groups (broad SMARTS) is 1. The van der Waals surface area contributed by atoms with Crippen molar-refractivity contribution in [1.82, 2.24) is 15.1 Å². The summed E-state index contributed by atoms with van der Waals surface area (Å²) in [5.74, 6) is -2.09. The largest absolute Gasteiger partial charge is 0.481 e. The molecule has 0 spiro atoms. The van der Waals surface area contributed by atoms with Crippen LogP contribution in [0.25, 0.3) is 0 Å². The second-order valence-electron chi connectivity index (χ2n) is 6.46. The third-order valence-corrected chi connectivity index (χ3v) is 4.88. The number of likely N-dealkylation sites (tertiary alicyclic amines) is 1. The molecular formula is C14H19N3O5. The minimum Gasteiger partial charge on any atom is -0.481 e. The molecule has 0 bridgehead atoms. The fraction of sp³-hybridized carbons (Fsp3) is 0.714. The second-order valence-corrected chi connectivity index (χ2v) is 6.46. The molecule has 1 saturated carbocycles. The van der Waals surface area contributed by atoms with Crippen molar-refractivity contribution in [2.75, 3.05) is 19.6 Å². The van der Waals surface area contributed by atoms with Gasteiger partial charge in [-0.2, -0.15) is 0 Å². The molecule has 2 atom stereocenters. The van der Waals surface area contributed by atoms with E-state index in [-0.39, 0.29) is 30.8 Å². The van der Waals surface area contributed by atoms with Crippen molar-refractivity contribution in [1.29, 1.82) is 0 Å². The Morgan fingerprint density at radius 3 is 2.55 bits per heavy atom. The first-order chi connectivity index (χ1) is 10.3. The minimum atomic E-state index is -0.924. The highest BCUT2D eigenvalue weighted by Crippen LogP contribution is 2.42. The van der Waals surface area contributed by atoms with Crippen molar-refractivity contribution in [2.45, 2.75) is 31.7 Å². The van der Waals surface area contributed by atoms with Crippen LogP contribution in [-0.4, -0.2) is 63.9 Å². The van der Waals surface area contributed by atoms with Crippen molar-refractivity contribution in [2.24, 2.45) is 11.8 Å². The van der Waals surface area contributed by atoms with Gasteiger partial charge in [0.25, 0.3) is 5.91 Å². The van der Waals surface area contributed by atoms with E-state index in [9.17, 15) is 19.2 Å². The monoisotopic (exact) mass is 309 g/mol. The van der Waals surface area contributed by atoms with Crippen molar-refractivity contribution < 1.29 is 24.3 Å². The number of aliphatic carboxylic acids is 1. The number of hydrogen-bond acceptors (Lipinski definition) is 4. The molecule has 120 valence electrons. The predicted octanol–water partition coefficient (Wildman–Crippen LogP) is -0.360. The van der Waals surface area contributed by atoms with Gasteiger partial charge in [0.1, 0.15) is 12.1 Å². The second kappa shape index (κ2) is 4.96. The Morgan fingerprint density at radius 1 is 1.32 bits per heavy atom. The zero-order valence-electron chi connectivity index (χ0n) is 12.4. The highest BCUT2D eigenvalue weighted by molar-refractivity contribution is 6.09. The number of carbonyl (C=O) groups is 4. The van der Waals surface area contributed by atoms with Crippen LogP contribution in [-0.2, 0) is 14.4 Å². The van der Waals surface area contributed by atoms with E-state index in [2.05, 4.69) is 5.32 Å². The number of carboxylic acids is 1. The van der Waals surface area contributed by atoms with E-state index in [1.54, 1.807) is 6.92 Å². The van der Waals surface area contributed by atoms with Gasteiger partial charge in [-0.15, -0.1) is 0 Å². The maximum Gasteiger partial charge on any atom is 0.325 e. The summed E-state index contributed by atoms with van der Waals surface area (Å²) < 4.78 is 0. The molecule has 0 aromatic carbocycles. The number of nitrogens with one attached hydrogen (secondary N) is 1. The maximum absolute atomic E-state index is 12.4. The van der Waals surface area contributed by atoms with Crippen LogP contribution in [0.5, 0.6) is 0 Å². The molecule has 2 saturated heterocycles. The molecule has 0 aromatic rings. The molecule has 0 radical (unpaired) electrons. The Labute approximate surface area is 127 Å². The molecule has 3 fully saturated rings. The topological polar surface area (TPSA) is 107 Å². The van der Waals surface area contributed by atoms with Crippen molar-refractivity contribution in [3.63, 3.8) is 0 Å². The standard InChI is InChI=1S/C14H19N3O5/c1-14(9-2-3-9)12(21)17(13(22)15-14)7-10(18)16-5-4-8(6-16)11(19)20/h8-9H,2-7H2,1H3,(H,15,22)(H,19,20). The molecule has 2 unspecified atom stereocenters. The first kappa shape index (κ1) is 14.8. The third-order valence-electron chi connectivity index (χ3n) is 4.88. The summed E-state index contributed by atoms with van der Waals surface area (Å²) in [6.45, 7) is 1.86. The summed E-state index contributed by atoms with van der Waals surface area (Å²) in [5, 5.41) is 11.6. The van der Waals surface area contributed by atoms with Gasteiger partial charge in [-0.1, -0.05) is 0 Å². The number of amides is 4. The normalized spacial score (nSPS) is 31.6. The predicted molar refractivity (Wildman–Crippen MR) is 73.7 cm³/mol. The van der Waals surface area contributed by atoms with Gasteiger partial charge in [0, 0.05) is 13.1 Å². The van der Waals surface area contributed by atoms with Crippen LogP contribution in [0.4, 0.5) is 4.79 Å². The first-order valence-electron chi connectivity index (χ1n) is 7.47. The Bertz CT molecular complexity index is 559. The molecule has 3 rings (SSSR count). The van der Waals surface area contributed by atoms with Crippen molar-refractivity contribution in [3.05, 3.63) is 0 Å². The lowest BCUT2D eigenvalue weighted by Crippen LogP contribution is -2.47. The number of carbonyl (C=O) groups excluding carboxylic acids is 3. The molecule has 3 aliphatic rings. The number of rotatable bonds is 4. The summed E-state index contributed by atoms with van der Waals surface area (Å²) in [6.07, 6.45) is 2.20. The Morgan fingerprint density at radius 2 is 2.00 bits per heavy atom. The van der Waals surface area contributed by atoms with Crippen LogP contribution in [0, 0.1) is 11.8 Å². The van der Waals surface area contributed by atoms with Gasteiger partial charge in [-0.25, -0.2) is 4.79 Å². The molecular weight excluding hydrogens is 290 g/mol. The molecule has 2 aliphatic heterocycles. The fourth-order valence-electron chi connectivity index (χ4n) is 3.22. The van der Waals surface area contributed by atoms with Crippen LogP contribution in [0.1, 0.15) is 26.2 Å². The van der Waals surface area contributed by atoms with E-state index in [1.165, 1.54) is 4.90 Å². The van der Waals surface area contributed by atoms with Gasteiger partial charge in [0.2, 0.25) is 5.91 Å². The zero-order chi connectivity index (χ0) is 16.1. The van der Waals surface area contributed by atoms with E-state index in [1.807, 2.05) is 0 Å². The fourth-order valence-corrected chi connectivity index (χ4v) is 3.22. The van der Waals surface area contributed by atoms with E-state index >= 15 is 0 Å². The molecule has 1 aliphatic carbocycles. The van der Waals surface area contributed by atoms with Crippen molar-refractivity contribution >= 4 is 23.8 Å². The number of urea groups is 1. The molecule has 0 aromatic heterocycles. The van der Waals surface area contributed by atoms with Crippen LogP contribution >= 0.6 is 0 Å². The minimum absolute atomic E-state index is 0.137. The van der Waals surface area contributed by atoms with Crippen molar-refractivity contribution in [3.8, 4) is 0 Å². The molecule has 4 amide bonds. The van der Waals surface area contributed by atoms with Gasteiger partial charge >= 0.3 is 12.0 Å². The average Bonchev–Trinajstić information content (AvgIpc) is 3.15. The Kier molecular flexibility index (Phi) is 3.34. The van der Waals surface area contributed by atoms with Gasteiger partial charge < -0.3 is 15.3 Å². The third kappa shape index (κ3) is 2.32. The Balaban J connectivity index is 1.63. The van der Waals surface area contributed by atoms with Gasteiger partial charge in [0.05, 0.1) is 5.92 Å². The summed E-state index contributed by atoms with van der Waals surface area (Å²) in [6, 6.07) is -0.540. The van der Waals surface area contributed by atoms with Crippen LogP contribution in [0.2, 0.25) is 0 Å². The average molecular weight is 309 g/mol. The lowest BCUT2D eigenvalue weighted by molar-refractivity contribution is -0.142. The van der Waals surface area contributed by atoms with Gasteiger partial charge in [0.15, 0.2) is 0 Å². The lowest BCUT2D eigenvalue weighted by atomic mass is 9.96. The van der Waals surface area contributed by atoms with E-state index in [0.717, 1.165) is 17.7 Å². The summed E-state index contributed by atoms with van der Waals surface area (Å²) in [5.41, 5.74) is -0.897. The van der Waals surface area contributed by atoms with Crippen LogP contribution in [0.3, 0.4) is 0 Å². The molecule has 8 nitrogen and oxygen atoms in total.